The first-order chi connectivity index (χ1) is 11.5. The molecule has 8 heteroatoms. The van der Waals surface area contributed by atoms with Crippen LogP contribution < -0.4 is 5.32 Å². The minimum Gasteiger partial charge on any atom is -0.366 e. The Labute approximate surface area is 142 Å². The molecule has 0 spiro atoms. The van der Waals surface area contributed by atoms with E-state index in [0.717, 1.165) is 10.4 Å². The number of amides is 4. The van der Waals surface area contributed by atoms with Crippen LogP contribution in [0.1, 0.15) is 15.2 Å². The highest BCUT2D eigenvalue weighted by Crippen LogP contribution is 2.31. The second-order valence-corrected chi connectivity index (χ2v) is 7.24. The predicted octanol–water partition coefficient (Wildman–Crippen LogP) is 1.43. The molecular weight excluding hydrogens is 328 g/mol. The molecule has 4 rings (SSSR count). The Bertz CT molecular complexity index is 840. The number of aromatic nitrogens is 1. The summed E-state index contributed by atoms with van der Waals surface area (Å²) in [5.74, 6) is -0.454. The van der Waals surface area contributed by atoms with Crippen molar-refractivity contribution in [3.8, 4) is 10.4 Å². The molecule has 2 saturated heterocycles. The maximum Gasteiger partial charge on any atom is 0.324 e. The summed E-state index contributed by atoms with van der Waals surface area (Å²) >= 11 is 1.63. The van der Waals surface area contributed by atoms with Gasteiger partial charge in [0, 0.05) is 40.8 Å². The lowest BCUT2D eigenvalue weighted by Crippen LogP contribution is -2.54. The van der Waals surface area contributed by atoms with E-state index in [1.807, 2.05) is 25.3 Å². The molecule has 4 heterocycles. The number of rotatable bonds is 2. The van der Waals surface area contributed by atoms with Crippen molar-refractivity contribution in [3.63, 3.8) is 0 Å². The zero-order chi connectivity index (χ0) is 16.8. The second kappa shape index (κ2) is 5.48. The Kier molecular flexibility index (Phi) is 3.42. The van der Waals surface area contributed by atoms with Crippen LogP contribution in [0.25, 0.3) is 10.4 Å². The van der Waals surface area contributed by atoms with E-state index in [-0.39, 0.29) is 24.4 Å². The lowest BCUT2D eigenvalue weighted by atomic mass is 10.1. The van der Waals surface area contributed by atoms with Gasteiger partial charge >= 0.3 is 6.03 Å². The topological polar surface area (TPSA) is 85.5 Å². The van der Waals surface area contributed by atoms with Gasteiger partial charge in [-0.1, -0.05) is 0 Å². The van der Waals surface area contributed by atoms with E-state index in [0.29, 0.717) is 18.7 Å². The first-order valence-corrected chi connectivity index (χ1v) is 8.50. The Hall–Kier alpha value is -2.61. The van der Waals surface area contributed by atoms with E-state index in [1.165, 1.54) is 9.78 Å². The number of hydrogen-bond donors (Lipinski definition) is 2. The summed E-state index contributed by atoms with van der Waals surface area (Å²) in [6, 6.07) is 3.07. The minimum absolute atomic E-state index is 0.121. The number of carbonyl (C=O) groups excluding carboxylic acids is 3. The number of aromatic amines is 1. The average Bonchev–Trinajstić information content (AvgIpc) is 3.27. The van der Waals surface area contributed by atoms with Crippen molar-refractivity contribution in [2.24, 2.45) is 0 Å². The molecule has 1 unspecified atom stereocenters. The predicted molar refractivity (Wildman–Crippen MR) is 88.8 cm³/mol. The van der Waals surface area contributed by atoms with Crippen LogP contribution in [0.5, 0.6) is 0 Å². The van der Waals surface area contributed by atoms with E-state index < -0.39 is 6.04 Å². The minimum atomic E-state index is -0.582. The molecule has 2 aromatic rings. The zero-order valence-electron chi connectivity index (χ0n) is 13.0. The fraction of sp³-hybridized carbons (Fsp3) is 0.312. The third kappa shape index (κ3) is 2.30. The van der Waals surface area contributed by atoms with Crippen LogP contribution in [0.15, 0.2) is 24.5 Å². The highest BCUT2D eigenvalue weighted by atomic mass is 32.1. The number of thiophene rings is 1. The molecule has 2 N–H and O–H groups in total. The molecule has 24 heavy (non-hydrogen) atoms. The summed E-state index contributed by atoms with van der Waals surface area (Å²) in [6.45, 7) is 3.04. The number of urea groups is 1. The summed E-state index contributed by atoms with van der Waals surface area (Å²) in [5, 5.41) is 2.30. The molecular formula is C16H16N4O3S. The van der Waals surface area contributed by atoms with Gasteiger partial charge in [0.1, 0.15) is 6.04 Å². The van der Waals surface area contributed by atoms with Crippen LogP contribution >= 0.6 is 11.3 Å². The van der Waals surface area contributed by atoms with Crippen LogP contribution in [-0.2, 0) is 4.79 Å². The third-order valence-corrected chi connectivity index (χ3v) is 5.48. The molecule has 7 nitrogen and oxygen atoms in total. The average molecular weight is 344 g/mol. The van der Waals surface area contributed by atoms with Crippen molar-refractivity contribution in [2.45, 2.75) is 13.0 Å². The number of nitrogens with zero attached hydrogens (tertiary/aromatic N) is 2. The summed E-state index contributed by atoms with van der Waals surface area (Å²) < 4.78 is 0. The molecule has 0 radical (unpaired) electrons. The number of fused-ring (bicyclic) bond motifs is 1. The standard InChI is InChI=1S/C16H16N4O3S/c1-9-2-3-13(24-9)10-6-17-7-11(10)15(22)19-4-5-20-12(8-19)14(21)18-16(20)23/h2-3,6-7,12,17H,4-5,8H2,1H3,(H,18,21,23). The number of imide groups is 1. The molecule has 2 aromatic heterocycles. The van der Waals surface area contributed by atoms with Gasteiger partial charge in [0.2, 0.25) is 0 Å². The molecule has 2 aliphatic rings. The normalized spacial score (nSPS) is 20.3. The fourth-order valence-corrected chi connectivity index (χ4v) is 4.09. The first-order valence-electron chi connectivity index (χ1n) is 7.69. The number of carbonyl (C=O) groups is 3. The van der Waals surface area contributed by atoms with Gasteiger partial charge in [0.15, 0.2) is 0 Å². The van der Waals surface area contributed by atoms with E-state index in [2.05, 4.69) is 10.3 Å². The van der Waals surface area contributed by atoms with Gasteiger partial charge in [-0.05, 0) is 19.1 Å². The molecule has 2 aliphatic heterocycles. The van der Waals surface area contributed by atoms with E-state index in [9.17, 15) is 14.4 Å². The highest BCUT2D eigenvalue weighted by Gasteiger charge is 2.43. The second-order valence-electron chi connectivity index (χ2n) is 5.95. The first kappa shape index (κ1) is 14.9. The summed E-state index contributed by atoms with van der Waals surface area (Å²) in [6.07, 6.45) is 3.51. The molecule has 0 aromatic carbocycles. The van der Waals surface area contributed by atoms with Gasteiger partial charge in [-0.15, -0.1) is 11.3 Å². The number of aryl methyl sites for hydroxylation is 1. The van der Waals surface area contributed by atoms with Gasteiger partial charge in [-0.3, -0.25) is 14.9 Å². The number of nitrogens with one attached hydrogen (secondary N) is 2. The van der Waals surface area contributed by atoms with Gasteiger partial charge in [-0.25, -0.2) is 4.79 Å². The quantitative estimate of drug-likeness (QED) is 0.808. The van der Waals surface area contributed by atoms with E-state index in [1.54, 1.807) is 22.4 Å². The smallest absolute Gasteiger partial charge is 0.324 e. The third-order valence-electron chi connectivity index (χ3n) is 4.44. The van der Waals surface area contributed by atoms with E-state index >= 15 is 0 Å². The Balaban J connectivity index is 1.58. The number of hydrogen-bond acceptors (Lipinski definition) is 4. The molecule has 0 bridgehead atoms. The van der Waals surface area contributed by atoms with Crippen LogP contribution in [0, 0.1) is 6.92 Å². The maximum atomic E-state index is 12.9. The number of H-pyrrole nitrogens is 1. The molecule has 4 amide bonds. The molecule has 0 aliphatic carbocycles. The van der Waals surface area contributed by atoms with Crippen molar-refractivity contribution >= 4 is 29.2 Å². The maximum absolute atomic E-state index is 12.9. The van der Waals surface area contributed by atoms with Gasteiger partial charge in [-0.2, -0.15) is 0 Å². The monoisotopic (exact) mass is 344 g/mol. The van der Waals surface area contributed by atoms with Gasteiger partial charge in [0.05, 0.1) is 12.1 Å². The van der Waals surface area contributed by atoms with Gasteiger partial charge in [0.25, 0.3) is 11.8 Å². The van der Waals surface area contributed by atoms with Crippen molar-refractivity contribution in [1.82, 2.24) is 20.1 Å². The largest absolute Gasteiger partial charge is 0.366 e. The van der Waals surface area contributed by atoms with E-state index in [4.69, 9.17) is 0 Å². The molecule has 124 valence electrons. The van der Waals surface area contributed by atoms with Crippen molar-refractivity contribution in [2.75, 3.05) is 19.6 Å². The molecule has 2 fully saturated rings. The van der Waals surface area contributed by atoms with Gasteiger partial charge < -0.3 is 14.8 Å². The Morgan fingerprint density at radius 3 is 2.83 bits per heavy atom. The van der Waals surface area contributed by atoms with Crippen LogP contribution in [0.3, 0.4) is 0 Å². The summed E-state index contributed by atoms with van der Waals surface area (Å²) in [5.41, 5.74) is 1.46. The zero-order valence-corrected chi connectivity index (χ0v) is 13.9. The summed E-state index contributed by atoms with van der Waals surface area (Å²) in [4.78, 5) is 44.8. The van der Waals surface area contributed by atoms with Crippen molar-refractivity contribution in [1.29, 1.82) is 0 Å². The highest BCUT2D eigenvalue weighted by molar-refractivity contribution is 7.15. The van der Waals surface area contributed by atoms with Crippen molar-refractivity contribution < 1.29 is 14.4 Å². The van der Waals surface area contributed by atoms with Crippen molar-refractivity contribution in [3.05, 3.63) is 35.0 Å². The van der Waals surface area contributed by atoms with Crippen LogP contribution in [0.2, 0.25) is 0 Å². The van der Waals surface area contributed by atoms with Crippen LogP contribution in [-0.4, -0.2) is 58.3 Å². The molecule has 1 atom stereocenters. The summed E-state index contributed by atoms with van der Waals surface area (Å²) in [7, 11) is 0. The lowest BCUT2D eigenvalue weighted by molar-refractivity contribution is -0.122. The SMILES string of the molecule is Cc1ccc(-c2c[nH]cc2C(=O)N2CCN3C(=O)NC(=O)C3C2)s1. The Morgan fingerprint density at radius 2 is 2.08 bits per heavy atom. The van der Waals surface area contributed by atoms with Crippen LogP contribution in [0.4, 0.5) is 4.79 Å². The lowest BCUT2D eigenvalue weighted by Gasteiger charge is -2.35. The molecule has 0 saturated carbocycles. The fourth-order valence-electron chi connectivity index (χ4n) is 3.19. The number of piperazine rings is 1. The Morgan fingerprint density at radius 1 is 1.25 bits per heavy atom.